The number of nitrogens with zero attached hydrogens (tertiary/aromatic N) is 2. The van der Waals surface area contributed by atoms with Gasteiger partial charge in [0.15, 0.2) is 0 Å². The smallest absolute Gasteiger partial charge is 0.237 e. The van der Waals surface area contributed by atoms with E-state index in [1.807, 2.05) is 30.3 Å². The van der Waals surface area contributed by atoms with Crippen molar-refractivity contribution in [3.63, 3.8) is 0 Å². The minimum atomic E-state index is -0.445. The molecule has 2 amide bonds. The Bertz CT molecular complexity index is 682. The number of pyridine rings is 1. The summed E-state index contributed by atoms with van der Waals surface area (Å²) in [6.07, 6.45) is 1.73. The Morgan fingerprint density at radius 3 is 2.57 bits per heavy atom. The number of amides is 2. The zero-order chi connectivity index (χ0) is 16.7. The molecule has 5 nitrogen and oxygen atoms in total. The number of hydrogen-bond donors (Lipinski definition) is 1. The number of carbonyl (C=O) groups excluding carboxylic acids is 2. The van der Waals surface area contributed by atoms with Crippen LogP contribution in [0.1, 0.15) is 6.42 Å². The summed E-state index contributed by atoms with van der Waals surface area (Å²) in [6, 6.07) is 12.6. The molecule has 2 rings (SSSR count). The lowest BCUT2D eigenvalue weighted by atomic mass is 10.2. The first kappa shape index (κ1) is 17.3. The molecule has 0 aliphatic carbocycles. The van der Waals surface area contributed by atoms with Crippen molar-refractivity contribution in [2.45, 2.75) is 11.4 Å². The molecule has 0 radical (unpaired) electrons. The maximum Gasteiger partial charge on any atom is 0.237 e. The average molecular weight is 350 g/mol. The molecule has 2 N–H and O–H groups in total. The topological polar surface area (TPSA) is 76.3 Å². The summed E-state index contributed by atoms with van der Waals surface area (Å²) in [5.41, 5.74) is 5.92. The van der Waals surface area contributed by atoms with E-state index in [0.717, 1.165) is 5.69 Å². The quantitative estimate of drug-likeness (QED) is 0.780. The Morgan fingerprint density at radius 2 is 1.91 bits per heavy atom. The Hall–Kier alpha value is -2.05. The molecule has 2 aromatic rings. The third-order valence-corrected chi connectivity index (χ3v) is 4.41. The van der Waals surface area contributed by atoms with Gasteiger partial charge in [-0.05, 0) is 24.3 Å². The van der Waals surface area contributed by atoms with Gasteiger partial charge in [0.25, 0.3) is 0 Å². The molecule has 0 spiro atoms. The van der Waals surface area contributed by atoms with Gasteiger partial charge in [-0.15, -0.1) is 0 Å². The molecular weight excluding hydrogens is 334 g/mol. The molecule has 1 heterocycles. The first-order valence-electron chi connectivity index (χ1n) is 6.95. The minimum Gasteiger partial charge on any atom is -0.370 e. The zero-order valence-corrected chi connectivity index (χ0v) is 13.9. The van der Waals surface area contributed by atoms with Crippen LogP contribution in [0.2, 0.25) is 5.02 Å². The van der Waals surface area contributed by atoms with E-state index in [0.29, 0.717) is 10.0 Å². The lowest BCUT2D eigenvalue weighted by molar-refractivity contribution is -0.118. The Balaban J connectivity index is 2.07. The molecule has 0 aliphatic heterocycles. The van der Waals surface area contributed by atoms with Crippen molar-refractivity contribution in [1.82, 2.24) is 4.98 Å². The van der Waals surface area contributed by atoms with Crippen LogP contribution in [0.15, 0.2) is 53.7 Å². The van der Waals surface area contributed by atoms with Crippen LogP contribution in [0.3, 0.4) is 0 Å². The molecule has 0 saturated carbocycles. The van der Waals surface area contributed by atoms with E-state index in [1.165, 1.54) is 11.8 Å². The largest absolute Gasteiger partial charge is 0.370 e. The number of benzene rings is 1. The van der Waals surface area contributed by atoms with Crippen molar-refractivity contribution >= 4 is 40.9 Å². The fraction of sp³-hybridized carbons (Fsp3) is 0.188. The maximum absolute atomic E-state index is 12.5. The van der Waals surface area contributed by atoms with E-state index < -0.39 is 5.91 Å². The second-order valence-electron chi connectivity index (χ2n) is 4.68. The normalized spacial score (nSPS) is 10.3. The molecule has 1 aromatic carbocycles. The molecule has 0 aliphatic rings. The lowest BCUT2D eigenvalue weighted by Crippen LogP contribution is -2.35. The first-order chi connectivity index (χ1) is 11.1. The number of primary amides is 1. The Kier molecular flexibility index (Phi) is 6.43. The highest BCUT2D eigenvalue weighted by molar-refractivity contribution is 8.00. The lowest BCUT2D eigenvalue weighted by Gasteiger charge is -2.22. The Labute approximate surface area is 143 Å². The van der Waals surface area contributed by atoms with Crippen LogP contribution in [-0.2, 0) is 9.59 Å². The number of hydrogen-bond acceptors (Lipinski definition) is 4. The molecule has 7 heteroatoms. The second-order valence-corrected chi connectivity index (χ2v) is 6.05. The number of carbonyl (C=O) groups is 2. The fourth-order valence-electron chi connectivity index (χ4n) is 1.91. The van der Waals surface area contributed by atoms with Crippen LogP contribution in [0.4, 0.5) is 5.69 Å². The van der Waals surface area contributed by atoms with Gasteiger partial charge in [0.2, 0.25) is 11.8 Å². The SMILES string of the molecule is NC(=O)CCN(C(=O)CSc1ncccc1Cl)c1ccccc1. The third-order valence-electron chi connectivity index (χ3n) is 3.01. The van der Waals surface area contributed by atoms with Gasteiger partial charge >= 0.3 is 0 Å². The van der Waals surface area contributed by atoms with Crippen molar-refractivity contribution in [2.24, 2.45) is 5.73 Å². The number of nitrogens with two attached hydrogens (primary N) is 1. The molecule has 0 saturated heterocycles. The minimum absolute atomic E-state index is 0.107. The van der Waals surface area contributed by atoms with Gasteiger partial charge < -0.3 is 10.6 Å². The summed E-state index contributed by atoms with van der Waals surface area (Å²) in [6.45, 7) is 0.245. The zero-order valence-electron chi connectivity index (χ0n) is 12.3. The number of rotatable bonds is 7. The van der Waals surface area contributed by atoms with Crippen LogP contribution >= 0.6 is 23.4 Å². The molecule has 23 heavy (non-hydrogen) atoms. The van der Waals surface area contributed by atoms with Crippen LogP contribution in [0.5, 0.6) is 0 Å². The molecule has 0 bridgehead atoms. The summed E-state index contributed by atoms with van der Waals surface area (Å²) in [7, 11) is 0. The van der Waals surface area contributed by atoms with E-state index in [1.54, 1.807) is 23.2 Å². The van der Waals surface area contributed by atoms with Crippen molar-refractivity contribution in [1.29, 1.82) is 0 Å². The maximum atomic E-state index is 12.5. The monoisotopic (exact) mass is 349 g/mol. The van der Waals surface area contributed by atoms with Crippen molar-refractivity contribution in [3.05, 3.63) is 53.7 Å². The highest BCUT2D eigenvalue weighted by atomic mass is 35.5. The van der Waals surface area contributed by atoms with Gasteiger partial charge in [-0.2, -0.15) is 0 Å². The van der Waals surface area contributed by atoms with E-state index in [-0.39, 0.29) is 24.6 Å². The van der Waals surface area contributed by atoms with Gasteiger partial charge in [0.1, 0.15) is 5.03 Å². The van der Waals surface area contributed by atoms with Crippen molar-refractivity contribution < 1.29 is 9.59 Å². The standard InChI is InChI=1S/C16H16ClN3O2S/c17-13-7-4-9-19-16(13)23-11-15(22)20(10-8-14(18)21)12-5-2-1-3-6-12/h1-7,9H,8,10-11H2,(H2,18,21). The van der Waals surface area contributed by atoms with Crippen LogP contribution < -0.4 is 10.6 Å². The van der Waals surface area contributed by atoms with Gasteiger partial charge in [0, 0.05) is 24.8 Å². The van der Waals surface area contributed by atoms with Gasteiger partial charge in [-0.25, -0.2) is 4.98 Å². The molecule has 0 unspecified atom stereocenters. The first-order valence-corrected chi connectivity index (χ1v) is 8.31. The average Bonchev–Trinajstić information content (AvgIpc) is 2.55. The molecule has 0 fully saturated rings. The molecular formula is C16H16ClN3O2S. The van der Waals surface area contributed by atoms with E-state index in [2.05, 4.69) is 4.98 Å². The van der Waals surface area contributed by atoms with Crippen LogP contribution in [-0.4, -0.2) is 29.1 Å². The van der Waals surface area contributed by atoms with Gasteiger partial charge in [-0.3, -0.25) is 9.59 Å². The van der Waals surface area contributed by atoms with Crippen molar-refractivity contribution in [3.8, 4) is 0 Å². The predicted octanol–water partition coefficient (Wildman–Crippen LogP) is 2.74. The van der Waals surface area contributed by atoms with Crippen LogP contribution in [0.25, 0.3) is 0 Å². The highest BCUT2D eigenvalue weighted by Gasteiger charge is 2.17. The summed E-state index contributed by atoms with van der Waals surface area (Å²) >= 11 is 7.30. The van der Waals surface area contributed by atoms with Gasteiger partial charge in [0.05, 0.1) is 10.8 Å². The van der Waals surface area contributed by atoms with Crippen LogP contribution in [0, 0.1) is 0 Å². The predicted molar refractivity (Wildman–Crippen MR) is 92.6 cm³/mol. The Morgan fingerprint density at radius 1 is 1.17 bits per heavy atom. The van der Waals surface area contributed by atoms with Crippen molar-refractivity contribution in [2.75, 3.05) is 17.2 Å². The highest BCUT2D eigenvalue weighted by Crippen LogP contribution is 2.25. The molecule has 120 valence electrons. The number of aromatic nitrogens is 1. The summed E-state index contributed by atoms with van der Waals surface area (Å²) < 4.78 is 0. The fourth-order valence-corrected chi connectivity index (χ4v) is 2.96. The molecule has 1 aromatic heterocycles. The second kappa shape index (κ2) is 8.55. The van der Waals surface area contributed by atoms with E-state index in [4.69, 9.17) is 17.3 Å². The number of thioether (sulfide) groups is 1. The number of para-hydroxylation sites is 1. The van der Waals surface area contributed by atoms with Gasteiger partial charge in [-0.1, -0.05) is 41.6 Å². The summed E-state index contributed by atoms with van der Waals surface area (Å²) in [5, 5.41) is 1.11. The summed E-state index contributed by atoms with van der Waals surface area (Å²) in [4.78, 5) is 29.2. The summed E-state index contributed by atoms with van der Waals surface area (Å²) in [5.74, 6) is -0.409. The van der Waals surface area contributed by atoms with E-state index in [9.17, 15) is 9.59 Å². The third kappa shape index (κ3) is 5.26. The van der Waals surface area contributed by atoms with E-state index >= 15 is 0 Å². The molecule has 0 atom stereocenters. The number of halogens is 1. The number of anilines is 1.